The number of nitrogens with zero attached hydrogens (tertiary/aromatic N) is 2. The van der Waals surface area contributed by atoms with Crippen molar-refractivity contribution in [2.75, 3.05) is 23.7 Å². The summed E-state index contributed by atoms with van der Waals surface area (Å²) in [7, 11) is 0. The summed E-state index contributed by atoms with van der Waals surface area (Å²) in [4.78, 5) is 12.8. The smallest absolute Gasteiger partial charge is 0.315 e. The van der Waals surface area contributed by atoms with E-state index in [2.05, 4.69) is 0 Å². The molecule has 0 amide bonds. The fourth-order valence-corrected chi connectivity index (χ4v) is 2.64. The Bertz CT molecular complexity index is 502. The Balaban J connectivity index is 2.41. The van der Waals surface area contributed by atoms with E-state index in [0.29, 0.717) is 18.8 Å². The molecule has 1 fully saturated rings. The van der Waals surface area contributed by atoms with E-state index >= 15 is 0 Å². The molecular formula is C13H19N3O3. The number of ether oxygens (including phenoxy) is 1. The van der Waals surface area contributed by atoms with Gasteiger partial charge in [-0.2, -0.15) is 0 Å². The van der Waals surface area contributed by atoms with Crippen LogP contribution in [0, 0.1) is 10.1 Å². The van der Waals surface area contributed by atoms with Crippen molar-refractivity contribution < 1.29 is 9.66 Å². The van der Waals surface area contributed by atoms with Crippen LogP contribution in [0.25, 0.3) is 0 Å². The van der Waals surface area contributed by atoms with Crippen molar-refractivity contribution in [1.29, 1.82) is 0 Å². The maximum absolute atomic E-state index is 11.2. The lowest BCUT2D eigenvalue weighted by Gasteiger charge is -2.42. The number of nitro benzene ring substituents is 1. The van der Waals surface area contributed by atoms with Crippen LogP contribution in [0.2, 0.25) is 0 Å². The molecule has 104 valence electrons. The highest BCUT2D eigenvalue weighted by Crippen LogP contribution is 2.36. The summed E-state index contributed by atoms with van der Waals surface area (Å²) in [5, 5.41) is 11.2. The molecule has 19 heavy (non-hydrogen) atoms. The molecule has 1 unspecified atom stereocenters. The molecule has 6 heteroatoms. The highest BCUT2D eigenvalue weighted by Gasteiger charge is 2.34. The van der Waals surface area contributed by atoms with Crippen LogP contribution in [0.1, 0.15) is 20.8 Å². The van der Waals surface area contributed by atoms with Crippen LogP contribution in [0.5, 0.6) is 0 Å². The van der Waals surface area contributed by atoms with Crippen molar-refractivity contribution in [3.8, 4) is 0 Å². The summed E-state index contributed by atoms with van der Waals surface area (Å²) < 4.78 is 5.81. The number of benzene rings is 1. The zero-order valence-electron chi connectivity index (χ0n) is 11.4. The molecule has 2 N–H and O–H groups in total. The largest absolute Gasteiger partial charge is 0.393 e. The molecule has 1 aliphatic heterocycles. The van der Waals surface area contributed by atoms with Crippen molar-refractivity contribution in [3.05, 3.63) is 28.3 Å². The van der Waals surface area contributed by atoms with Gasteiger partial charge in [-0.05, 0) is 32.9 Å². The lowest BCUT2D eigenvalue weighted by molar-refractivity contribution is -0.383. The van der Waals surface area contributed by atoms with Gasteiger partial charge in [0.25, 0.3) is 0 Å². The van der Waals surface area contributed by atoms with E-state index in [1.165, 1.54) is 0 Å². The number of nitrogen functional groups attached to an aromatic ring is 1. The molecule has 1 aliphatic rings. The second kappa shape index (κ2) is 4.70. The topological polar surface area (TPSA) is 81.6 Å². The number of anilines is 2. The van der Waals surface area contributed by atoms with Gasteiger partial charge in [-0.15, -0.1) is 0 Å². The fraction of sp³-hybridized carbons (Fsp3) is 0.538. The van der Waals surface area contributed by atoms with E-state index in [1.807, 2.05) is 25.7 Å². The van der Waals surface area contributed by atoms with Gasteiger partial charge < -0.3 is 15.4 Å². The molecule has 6 nitrogen and oxygen atoms in total. The highest BCUT2D eigenvalue weighted by molar-refractivity contribution is 5.75. The second-order valence-electron chi connectivity index (χ2n) is 5.54. The molecule has 1 aromatic rings. The molecule has 0 aliphatic carbocycles. The Morgan fingerprint density at radius 1 is 1.53 bits per heavy atom. The maximum Gasteiger partial charge on any atom is 0.315 e. The standard InChI is InChI=1S/C13H19N3O3/c1-9-7-15(8-13(2,3)19-9)11-6-4-5-10(14)12(11)16(17)18/h4-6,9H,7-8,14H2,1-3H3. The monoisotopic (exact) mass is 265 g/mol. The van der Waals surface area contributed by atoms with E-state index in [4.69, 9.17) is 10.5 Å². The van der Waals surface area contributed by atoms with Gasteiger partial charge in [0.15, 0.2) is 0 Å². The van der Waals surface area contributed by atoms with Crippen molar-refractivity contribution in [2.24, 2.45) is 0 Å². The Hall–Kier alpha value is -1.82. The Labute approximate surface area is 112 Å². The van der Waals surface area contributed by atoms with Crippen LogP contribution in [-0.2, 0) is 4.74 Å². The zero-order valence-corrected chi connectivity index (χ0v) is 11.4. The van der Waals surface area contributed by atoms with Gasteiger partial charge in [0, 0.05) is 13.1 Å². The van der Waals surface area contributed by atoms with Crippen molar-refractivity contribution in [3.63, 3.8) is 0 Å². The molecule has 0 saturated carbocycles. The van der Waals surface area contributed by atoms with Gasteiger partial charge in [-0.1, -0.05) is 6.07 Å². The van der Waals surface area contributed by atoms with Crippen molar-refractivity contribution in [1.82, 2.24) is 0 Å². The highest BCUT2D eigenvalue weighted by atomic mass is 16.6. The van der Waals surface area contributed by atoms with Gasteiger partial charge in [0.05, 0.1) is 16.6 Å². The fourth-order valence-electron chi connectivity index (χ4n) is 2.64. The molecular weight excluding hydrogens is 246 g/mol. The molecule has 0 aromatic heterocycles. The summed E-state index contributed by atoms with van der Waals surface area (Å²) in [6.45, 7) is 7.14. The van der Waals surface area contributed by atoms with Gasteiger partial charge in [0.2, 0.25) is 0 Å². The lowest BCUT2D eigenvalue weighted by atomic mass is 10.0. The normalized spacial score (nSPS) is 22.3. The number of para-hydroxylation sites is 1. The van der Waals surface area contributed by atoms with Gasteiger partial charge >= 0.3 is 5.69 Å². The van der Waals surface area contributed by atoms with E-state index in [-0.39, 0.29) is 23.1 Å². The molecule has 1 saturated heterocycles. The minimum Gasteiger partial charge on any atom is -0.393 e. The van der Waals surface area contributed by atoms with Crippen LogP contribution < -0.4 is 10.6 Å². The lowest BCUT2D eigenvalue weighted by Crippen LogP contribution is -2.52. The SMILES string of the molecule is CC1CN(c2cccc(N)c2[N+](=O)[O-])CC(C)(C)O1. The third-order valence-corrected chi connectivity index (χ3v) is 3.14. The first-order valence-corrected chi connectivity index (χ1v) is 6.26. The number of nitrogens with two attached hydrogens (primary N) is 1. The van der Waals surface area contributed by atoms with Crippen LogP contribution in [0.4, 0.5) is 17.1 Å². The molecule has 0 radical (unpaired) electrons. The molecule has 2 rings (SSSR count). The summed E-state index contributed by atoms with van der Waals surface area (Å²) >= 11 is 0. The molecule has 0 bridgehead atoms. The minimum atomic E-state index is -0.419. The summed E-state index contributed by atoms with van der Waals surface area (Å²) in [6.07, 6.45) is 0.0183. The van der Waals surface area contributed by atoms with E-state index in [9.17, 15) is 10.1 Å². The van der Waals surface area contributed by atoms with Crippen LogP contribution in [0.15, 0.2) is 18.2 Å². The molecule has 0 spiro atoms. The Morgan fingerprint density at radius 2 is 2.21 bits per heavy atom. The summed E-state index contributed by atoms with van der Waals surface area (Å²) in [5.74, 6) is 0. The first-order chi connectivity index (χ1) is 8.80. The predicted octanol–water partition coefficient (Wildman–Crippen LogP) is 2.18. The first-order valence-electron chi connectivity index (χ1n) is 6.26. The number of rotatable bonds is 2. The molecule has 1 heterocycles. The Morgan fingerprint density at radius 3 is 2.79 bits per heavy atom. The third kappa shape index (κ3) is 2.78. The van der Waals surface area contributed by atoms with Crippen LogP contribution >= 0.6 is 0 Å². The van der Waals surface area contributed by atoms with Crippen molar-refractivity contribution in [2.45, 2.75) is 32.5 Å². The molecule has 1 aromatic carbocycles. The van der Waals surface area contributed by atoms with Crippen LogP contribution in [0.3, 0.4) is 0 Å². The first kappa shape index (κ1) is 13.6. The zero-order chi connectivity index (χ0) is 14.2. The van der Waals surface area contributed by atoms with Gasteiger partial charge in [0.1, 0.15) is 11.4 Å². The number of hydrogen-bond acceptors (Lipinski definition) is 5. The maximum atomic E-state index is 11.2. The summed E-state index contributed by atoms with van der Waals surface area (Å²) in [5.41, 5.74) is 6.13. The van der Waals surface area contributed by atoms with E-state index in [1.54, 1.807) is 18.2 Å². The quantitative estimate of drug-likeness (QED) is 0.503. The average Bonchev–Trinajstić information content (AvgIpc) is 2.25. The van der Waals surface area contributed by atoms with Crippen molar-refractivity contribution >= 4 is 17.1 Å². The number of morpholine rings is 1. The number of nitro groups is 1. The van der Waals surface area contributed by atoms with Gasteiger partial charge in [-0.25, -0.2) is 0 Å². The predicted molar refractivity (Wildman–Crippen MR) is 74.3 cm³/mol. The summed E-state index contributed by atoms with van der Waals surface area (Å²) in [6, 6.07) is 5.03. The third-order valence-electron chi connectivity index (χ3n) is 3.14. The average molecular weight is 265 g/mol. The minimum absolute atomic E-state index is 0.0183. The molecule has 1 atom stereocenters. The van der Waals surface area contributed by atoms with Gasteiger partial charge in [-0.3, -0.25) is 10.1 Å². The van der Waals surface area contributed by atoms with E-state index in [0.717, 1.165) is 0 Å². The van der Waals surface area contributed by atoms with Crippen LogP contribution in [-0.4, -0.2) is 29.7 Å². The van der Waals surface area contributed by atoms with E-state index < -0.39 is 4.92 Å². The number of hydrogen-bond donors (Lipinski definition) is 1. The second-order valence-corrected chi connectivity index (χ2v) is 5.54. The Kier molecular flexibility index (Phi) is 3.36.